The Morgan fingerprint density at radius 3 is 3.09 bits per heavy atom. The molecule has 1 aliphatic rings. The van der Waals surface area contributed by atoms with Crippen LogP contribution in [0.25, 0.3) is 22.6 Å². The van der Waals surface area contributed by atoms with Gasteiger partial charge in [-0.05, 0) is 49.3 Å². The van der Waals surface area contributed by atoms with Gasteiger partial charge in [-0.3, -0.25) is 9.88 Å². The van der Waals surface area contributed by atoms with Gasteiger partial charge in [-0.25, -0.2) is 4.98 Å². The molecule has 0 bridgehead atoms. The van der Waals surface area contributed by atoms with Gasteiger partial charge in [-0.15, -0.1) is 0 Å². The average molecular weight is 308 g/mol. The third-order valence-corrected chi connectivity index (χ3v) is 4.20. The Kier molecular flexibility index (Phi) is 4.05. The zero-order chi connectivity index (χ0) is 15.5. The van der Waals surface area contributed by atoms with Crippen molar-refractivity contribution in [2.75, 3.05) is 26.2 Å². The molecule has 3 aromatic rings. The van der Waals surface area contributed by atoms with Crippen molar-refractivity contribution in [3.05, 3.63) is 48.3 Å². The van der Waals surface area contributed by atoms with Crippen LogP contribution in [0, 0.1) is 0 Å². The van der Waals surface area contributed by atoms with E-state index < -0.39 is 0 Å². The zero-order valence-electron chi connectivity index (χ0n) is 13.0. The van der Waals surface area contributed by atoms with E-state index in [-0.39, 0.29) is 0 Å². The summed E-state index contributed by atoms with van der Waals surface area (Å²) in [6.07, 6.45) is 4.73. The first-order chi connectivity index (χ1) is 11.4. The van der Waals surface area contributed by atoms with E-state index in [4.69, 9.17) is 4.42 Å². The quantitative estimate of drug-likeness (QED) is 0.806. The van der Waals surface area contributed by atoms with E-state index in [1.165, 1.54) is 12.0 Å². The van der Waals surface area contributed by atoms with Crippen LogP contribution in [0.1, 0.15) is 12.0 Å². The number of hydrogen-bond acceptors (Lipinski definition) is 5. The van der Waals surface area contributed by atoms with E-state index in [9.17, 15) is 0 Å². The number of oxazole rings is 1. The van der Waals surface area contributed by atoms with Crippen molar-refractivity contribution in [1.82, 2.24) is 20.2 Å². The molecular weight excluding hydrogens is 288 g/mol. The SMILES string of the molecule is c1cncc(-c2nc3cc(CN4CCCNCC4)ccc3o2)c1. The molecule has 1 N–H and O–H groups in total. The molecule has 4 rings (SSSR count). The predicted octanol–water partition coefficient (Wildman–Crippen LogP) is 2.69. The molecule has 0 saturated carbocycles. The van der Waals surface area contributed by atoms with E-state index in [1.54, 1.807) is 12.4 Å². The molecule has 1 saturated heterocycles. The summed E-state index contributed by atoms with van der Waals surface area (Å²) in [5.74, 6) is 0.629. The Hall–Kier alpha value is -2.24. The predicted molar refractivity (Wildman–Crippen MR) is 90.0 cm³/mol. The average Bonchev–Trinajstić information content (AvgIpc) is 2.85. The summed E-state index contributed by atoms with van der Waals surface area (Å²) in [5, 5.41) is 3.44. The molecule has 1 fully saturated rings. The first-order valence-electron chi connectivity index (χ1n) is 8.11. The smallest absolute Gasteiger partial charge is 0.228 e. The van der Waals surface area contributed by atoms with Crippen LogP contribution >= 0.6 is 0 Å². The summed E-state index contributed by atoms with van der Waals surface area (Å²) in [4.78, 5) is 11.2. The molecule has 118 valence electrons. The van der Waals surface area contributed by atoms with Crippen LogP contribution in [-0.2, 0) is 6.54 Å². The second kappa shape index (κ2) is 6.48. The van der Waals surface area contributed by atoms with Gasteiger partial charge in [-0.1, -0.05) is 6.07 Å². The van der Waals surface area contributed by atoms with Crippen molar-refractivity contribution in [3.63, 3.8) is 0 Å². The highest BCUT2D eigenvalue weighted by Gasteiger charge is 2.12. The second-order valence-corrected chi connectivity index (χ2v) is 5.94. The van der Waals surface area contributed by atoms with Crippen LogP contribution in [0.15, 0.2) is 47.1 Å². The summed E-state index contributed by atoms with van der Waals surface area (Å²) in [6, 6.07) is 10.1. The molecule has 2 aromatic heterocycles. The Bertz CT molecular complexity index is 776. The van der Waals surface area contributed by atoms with Crippen LogP contribution in [-0.4, -0.2) is 41.0 Å². The van der Waals surface area contributed by atoms with Crippen molar-refractivity contribution in [1.29, 1.82) is 0 Å². The molecule has 0 unspecified atom stereocenters. The molecule has 3 heterocycles. The molecule has 5 heteroatoms. The number of rotatable bonds is 3. The summed E-state index contributed by atoms with van der Waals surface area (Å²) in [7, 11) is 0. The van der Waals surface area contributed by atoms with Crippen LogP contribution in [0.2, 0.25) is 0 Å². The fourth-order valence-electron chi connectivity index (χ4n) is 3.00. The number of fused-ring (bicyclic) bond motifs is 1. The Balaban J connectivity index is 1.58. The number of hydrogen-bond donors (Lipinski definition) is 1. The summed E-state index contributed by atoms with van der Waals surface area (Å²) in [5.41, 5.74) is 3.92. The van der Waals surface area contributed by atoms with E-state index >= 15 is 0 Å². The lowest BCUT2D eigenvalue weighted by atomic mass is 10.2. The van der Waals surface area contributed by atoms with E-state index in [0.29, 0.717) is 5.89 Å². The standard InChI is InChI=1S/C18H20N4O/c1-3-15(12-20-6-1)18-21-16-11-14(4-5-17(16)23-18)13-22-9-2-7-19-8-10-22/h1,3-6,11-12,19H,2,7-10,13H2. The first kappa shape index (κ1) is 14.4. The maximum Gasteiger partial charge on any atom is 0.228 e. The largest absolute Gasteiger partial charge is 0.436 e. The van der Waals surface area contributed by atoms with Crippen molar-refractivity contribution in [2.45, 2.75) is 13.0 Å². The number of aromatic nitrogens is 2. The number of nitrogens with zero attached hydrogens (tertiary/aromatic N) is 3. The number of nitrogens with one attached hydrogen (secondary N) is 1. The molecular formula is C18H20N4O. The maximum atomic E-state index is 5.84. The lowest BCUT2D eigenvalue weighted by Crippen LogP contribution is -2.27. The van der Waals surface area contributed by atoms with E-state index in [1.807, 2.05) is 18.2 Å². The molecule has 0 radical (unpaired) electrons. The molecule has 1 aliphatic heterocycles. The third-order valence-electron chi connectivity index (χ3n) is 4.20. The minimum absolute atomic E-state index is 0.629. The Morgan fingerprint density at radius 2 is 2.17 bits per heavy atom. The van der Waals surface area contributed by atoms with Crippen LogP contribution in [0.4, 0.5) is 0 Å². The van der Waals surface area contributed by atoms with Gasteiger partial charge in [0.25, 0.3) is 0 Å². The van der Waals surface area contributed by atoms with Gasteiger partial charge in [0, 0.05) is 32.0 Å². The highest BCUT2D eigenvalue weighted by molar-refractivity contribution is 5.76. The highest BCUT2D eigenvalue weighted by atomic mass is 16.3. The van der Waals surface area contributed by atoms with Crippen molar-refractivity contribution in [3.8, 4) is 11.5 Å². The van der Waals surface area contributed by atoms with Gasteiger partial charge in [-0.2, -0.15) is 0 Å². The second-order valence-electron chi connectivity index (χ2n) is 5.94. The zero-order valence-corrected chi connectivity index (χ0v) is 13.0. The van der Waals surface area contributed by atoms with Gasteiger partial charge in [0.15, 0.2) is 5.58 Å². The monoisotopic (exact) mass is 308 g/mol. The van der Waals surface area contributed by atoms with E-state index in [0.717, 1.165) is 49.4 Å². The fraction of sp³-hybridized carbons (Fsp3) is 0.333. The van der Waals surface area contributed by atoms with Gasteiger partial charge in [0.1, 0.15) is 5.52 Å². The molecule has 1 aromatic carbocycles. The van der Waals surface area contributed by atoms with Crippen molar-refractivity contribution < 1.29 is 4.42 Å². The number of benzene rings is 1. The lowest BCUT2D eigenvalue weighted by Gasteiger charge is -2.19. The molecule has 0 aliphatic carbocycles. The Morgan fingerprint density at radius 1 is 1.17 bits per heavy atom. The first-order valence-corrected chi connectivity index (χ1v) is 8.11. The number of pyridine rings is 1. The molecule has 0 spiro atoms. The summed E-state index contributed by atoms with van der Waals surface area (Å²) in [6.45, 7) is 5.39. The highest BCUT2D eigenvalue weighted by Crippen LogP contribution is 2.24. The molecule has 23 heavy (non-hydrogen) atoms. The van der Waals surface area contributed by atoms with Gasteiger partial charge >= 0.3 is 0 Å². The van der Waals surface area contributed by atoms with Crippen LogP contribution < -0.4 is 5.32 Å². The molecule has 5 nitrogen and oxygen atoms in total. The summed E-state index contributed by atoms with van der Waals surface area (Å²) >= 11 is 0. The van der Waals surface area contributed by atoms with Crippen LogP contribution in [0.3, 0.4) is 0 Å². The minimum Gasteiger partial charge on any atom is -0.436 e. The van der Waals surface area contributed by atoms with Crippen LogP contribution in [0.5, 0.6) is 0 Å². The maximum absolute atomic E-state index is 5.84. The summed E-state index contributed by atoms with van der Waals surface area (Å²) < 4.78 is 5.84. The fourth-order valence-corrected chi connectivity index (χ4v) is 3.00. The third kappa shape index (κ3) is 3.25. The van der Waals surface area contributed by atoms with Gasteiger partial charge in [0.05, 0.1) is 5.56 Å². The minimum atomic E-state index is 0.629. The Labute approximate surface area is 135 Å². The lowest BCUT2D eigenvalue weighted by molar-refractivity contribution is 0.284. The molecule has 0 amide bonds. The van der Waals surface area contributed by atoms with Gasteiger partial charge in [0.2, 0.25) is 5.89 Å². The molecule has 0 atom stereocenters. The normalized spacial score (nSPS) is 16.5. The van der Waals surface area contributed by atoms with Crippen molar-refractivity contribution in [2.24, 2.45) is 0 Å². The topological polar surface area (TPSA) is 54.2 Å². The van der Waals surface area contributed by atoms with Crippen molar-refractivity contribution >= 4 is 11.1 Å². The van der Waals surface area contributed by atoms with Gasteiger partial charge < -0.3 is 9.73 Å². The van der Waals surface area contributed by atoms with E-state index in [2.05, 4.69) is 32.3 Å².